The van der Waals surface area contributed by atoms with E-state index in [-0.39, 0.29) is 16.8 Å². The molecule has 0 spiro atoms. The Morgan fingerprint density at radius 1 is 1.27 bits per heavy atom. The number of carbonyl (C=O) groups is 2. The van der Waals surface area contributed by atoms with E-state index in [9.17, 15) is 14.0 Å². The number of morpholine rings is 1. The molecule has 1 heterocycles. The van der Waals surface area contributed by atoms with Gasteiger partial charge in [-0.2, -0.15) is 0 Å². The summed E-state index contributed by atoms with van der Waals surface area (Å²) in [5.41, 5.74) is -0.601. The average molecular weight is 327 g/mol. The lowest BCUT2D eigenvalue weighted by atomic mass is 10.0. The molecule has 22 heavy (non-hydrogen) atoms. The van der Waals surface area contributed by atoms with Gasteiger partial charge in [0.15, 0.2) is 0 Å². The van der Waals surface area contributed by atoms with Crippen molar-refractivity contribution >= 4 is 29.1 Å². The summed E-state index contributed by atoms with van der Waals surface area (Å²) >= 11 is 5.70. The fraction of sp³-hybridized carbons (Fsp3) is 0.467. The van der Waals surface area contributed by atoms with E-state index in [1.807, 2.05) is 0 Å². The lowest BCUT2D eigenvalue weighted by Crippen LogP contribution is -2.47. The highest BCUT2D eigenvalue weighted by molar-refractivity contribution is 6.31. The Kier molecular flexibility index (Phi) is 4.06. The maximum atomic E-state index is 13.1. The number of hydrogen-bond acceptors (Lipinski definition) is 3. The van der Waals surface area contributed by atoms with Crippen molar-refractivity contribution in [3.8, 4) is 0 Å². The van der Waals surface area contributed by atoms with Crippen LogP contribution in [0.1, 0.15) is 12.8 Å². The Bertz CT molecular complexity index is 613. The molecule has 5 nitrogen and oxygen atoms in total. The van der Waals surface area contributed by atoms with Gasteiger partial charge in [-0.1, -0.05) is 11.6 Å². The minimum atomic E-state index is -0.988. The van der Waals surface area contributed by atoms with Gasteiger partial charge in [-0.3, -0.25) is 9.59 Å². The van der Waals surface area contributed by atoms with Crippen LogP contribution < -0.4 is 5.32 Å². The molecule has 2 amide bonds. The van der Waals surface area contributed by atoms with Crippen molar-refractivity contribution in [2.24, 2.45) is 5.41 Å². The molecule has 2 fully saturated rings. The fourth-order valence-corrected chi connectivity index (χ4v) is 2.74. The number of ether oxygens (including phenoxy) is 1. The minimum Gasteiger partial charge on any atom is -0.378 e. The summed E-state index contributed by atoms with van der Waals surface area (Å²) in [6.07, 6.45) is 1.06. The number of nitrogens with zero attached hydrogens (tertiary/aromatic N) is 1. The van der Waals surface area contributed by atoms with Crippen LogP contribution in [0.15, 0.2) is 18.2 Å². The molecule has 7 heteroatoms. The van der Waals surface area contributed by atoms with E-state index in [2.05, 4.69) is 5.32 Å². The molecule has 1 saturated heterocycles. The standard InChI is InChI=1S/C15H16ClFN2O3/c16-11-9-10(1-2-12(11)17)18-13(20)15(3-4-15)14(21)19-5-7-22-8-6-19/h1-2,9H,3-8H2,(H,18,20). The SMILES string of the molecule is O=C(Nc1ccc(F)c(Cl)c1)C1(C(=O)N2CCOCC2)CC1. The molecule has 0 radical (unpaired) electrons. The summed E-state index contributed by atoms with van der Waals surface area (Å²) < 4.78 is 18.4. The first kappa shape index (κ1) is 15.2. The van der Waals surface area contributed by atoms with Crippen molar-refractivity contribution in [1.82, 2.24) is 4.90 Å². The van der Waals surface area contributed by atoms with E-state index in [1.54, 1.807) is 4.90 Å². The number of benzene rings is 1. The molecule has 1 N–H and O–H groups in total. The van der Waals surface area contributed by atoms with E-state index in [0.717, 1.165) is 0 Å². The Balaban J connectivity index is 1.70. The van der Waals surface area contributed by atoms with Gasteiger partial charge in [-0.15, -0.1) is 0 Å². The van der Waals surface area contributed by atoms with Crippen LogP contribution in [-0.4, -0.2) is 43.0 Å². The van der Waals surface area contributed by atoms with Crippen LogP contribution in [0.25, 0.3) is 0 Å². The van der Waals surface area contributed by atoms with Gasteiger partial charge in [0.05, 0.1) is 18.2 Å². The Morgan fingerprint density at radius 3 is 2.55 bits per heavy atom. The third kappa shape index (κ3) is 2.80. The molecule has 0 aromatic heterocycles. The summed E-state index contributed by atoms with van der Waals surface area (Å²) in [6, 6.07) is 3.94. The molecule has 1 saturated carbocycles. The largest absolute Gasteiger partial charge is 0.378 e. The zero-order valence-electron chi connectivity index (χ0n) is 11.9. The molecule has 0 atom stereocenters. The first-order valence-electron chi connectivity index (χ1n) is 7.16. The van der Waals surface area contributed by atoms with Gasteiger partial charge < -0.3 is 15.0 Å². The predicted octanol–water partition coefficient (Wildman–Crippen LogP) is 2.06. The van der Waals surface area contributed by atoms with Crippen LogP contribution in [0.5, 0.6) is 0 Å². The highest BCUT2D eigenvalue weighted by Gasteiger charge is 2.58. The monoisotopic (exact) mass is 326 g/mol. The number of amides is 2. The smallest absolute Gasteiger partial charge is 0.240 e. The molecule has 118 valence electrons. The highest BCUT2D eigenvalue weighted by atomic mass is 35.5. The van der Waals surface area contributed by atoms with E-state index in [1.165, 1.54) is 18.2 Å². The molecule has 1 aliphatic heterocycles. The van der Waals surface area contributed by atoms with Crippen molar-refractivity contribution in [3.63, 3.8) is 0 Å². The molecule has 0 unspecified atom stereocenters. The second-order valence-corrected chi connectivity index (χ2v) is 5.98. The van der Waals surface area contributed by atoms with Crippen LogP contribution in [-0.2, 0) is 14.3 Å². The minimum absolute atomic E-state index is 0.0675. The van der Waals surface area contributed by atoms with Crippen LogP contribution in [0.4, 0.5) is 10.1 Å². The second-order valence-electron chi connectivity index (χ2n) is 5.57. The van der Waals surface area contributed by atoms with Gasteiger partial charge in [-0.25, -0.2) is 4.39 Å². The molecule has 1 aromatic rings. The fourth-order valence-electron chi connectivity index (χ4n) is 2.56. The molecule has 2 aliphatic rings. The van der Waals surface area contributed by atoms with Crippen LogP contribution >= 0.6 is 11.6 Å². The molecular formula is C15H16ClFN2O3. The lowest BCUT2D eigenvalue weighted by Gasteiger charge is -2.30. The number of anilines is 1. The number of nitrogens with one attached hydrogen (secondary N) is 1. The summed E-state index contributed by atoms with van der Waals surface area (Å²) in [5, 5.41) is 2.60. The molecule has 1 aromatic carbocycles. The van der Waals surface area contributed by atoms with Crippen molar-refractivity contribution in [1.29, 1.82) is 0 Å². The predicted molar refractivity (Wildman–Crippen MR) is 79.1 cm³/mol. The Morgan fingerprint density at radius 2 is 1.95 bits per heavy atom. The molecule has 3 rings (SSSR count). The van der Waals surface area contributed by atoms with Gasteiger partial charge in [0.25, 0.3) is 0 Å². The number of rotatable bonds is 3. The quantitative estimate of drug-likeness (QED) is 0.865. The Hall–Kier alpha value is -1.66. The molecule has 0 bridgehead atoms. The summed E-state index contributed by atoms with van der Waals surface area (Å²) in [7, 11) is 0. The first-order valence-corrected chi connectivity index (χ1v) is 7.54. The van der Waals surface area contributed by atoms with Gasteiger partial charge in [0, 0.05) is 18.8 Å². The maximum absolute atomic E-state index is 13.1. The summed E-state index contributed by atoms with van der Waals surface area (Å²) in [5.74, 6) is -1.06. The highest BCUT2D eigenvalue weighted by Crippen LogP contribution is 2.48. The lowest BCUT2D eigenvalue weighted by molar-refractivity contribution is -0.145. The number of halogens is 2. The van der Waals surface area contributed by atoms with Crippen molar-refractivity contribution < 1.29 is 18.7 Å². The Labute approximate surface area is 132 Å². The van der Waals surface area contributed by atoms with Crippen LogP contribution in [0.2, 0.25) is 5.02 Å². The van der Waals surface area contributed by atoms with Gasteiger partial charge >= 0.3 is 0 Å². The average Bonchev–Trinajstić information content (AvgIpc) is 3.33. The second kappa shape index (κ2) is 5.85. The first-order chi connectivity index (χ1) is 10.5. The van der Waals surface area contributed by atoms with Crippen molar-refractivity contribution in [2.75, 3.05) is 31.6 Å². The van der Waals surface area contributed by atoms with E-state index >= 15 is 0 Å². The summed E-state index contributed by atoms with van der Waals surface area (Å²) in [4.78, 5) is 26.7. The van der Waals surface area contributed by atoms with Gasteiger partial charge in [0.1, 0.15) is 11.2 Å². The van der Waals surface area contributed by atoms with Crippen molar-refractivity contribution in [2.45, 2.75) is 12.8 Å². The van der Waals surface area contributed by atoms with Crippen LogP contribution in [0, 0.1) is 11.2 Å². The number of hydrogen-bond donors (Lipinski definition) is 1. The zero-order valence-corrected chi connectivity index (χ0v) is 12.7. The van der Waals surface area contributed by atoms with Crippen LogP contribution in [0.3, 0.4) is 0 Å². The van der Waals surface area contributed by atoms with Gasteiger partial charge in [-0.05, 0) is 31.0 Å². The maximum Gasteiger partial charge on any atom is 0.240 e. The molecular weight excluding hydrogens is 311 g/mol. The third-order valence-corrected chi connectivity index (χ3v) is 4.36. The van der Waals surface area contributed by atoms with E-state index < -0.39 is 11.2 Å². The topological polar surface area (TPSA) is 58.6 Å². The van der Waals surface area contributed by atoms with Gasteiger partial charge in [0.2, 0.25) is 11.8 Å². The van der Waals surface area contributed by atoms with Crippen molar-refractivity contribution in [3.05, 3.63) is 29.0 Å². The zero-order chi connectivity index (χ0) is 15.7. The van der Waals surface area contributed by atoms with E-state index in [4.69, 9.17) is 16.3 Å². The summed E-state index contributed by atoms with van der Waals surface area (Å²) in [6.45, 7) is 2.01. The number of carbonyl (C=O) groups excluding carboxylic acids is 2. The third-order valence-electron chi connectivity index (χ3n) is 4.07. The molecule has 1 aliphatic carbocycles. The normalized spacial score (nSPS) is 19.6. The van der Waals surface area contributed by atoms with E-state index in [0.29, 0.717) is 44.8 Å².